The smallest absolute Gasteiger partial charge is 0.248 e. The predicted molar refractivity (Wildman–Crippen MR) is 53.6 cm³/mol. The van der Waals surface area contributed by atoms with Gasteiger partial charge < -0.3 is 9.64 Å². The van der Waals surface area contributed by atoms with Gasteiger partial charge in [-0.05, 0) is 13.3 Å². The van der Waals surface area contributed by atoms with Crippen LogP contribution in [0.15, 0.2) is 0 Å². The highest BCUT2D eigenvalue weighted by atomic mass is 16.5. The third-order valence-corrected chi connectivity index (χ3v) is 2.06. The highest BCUT2D eigenvalue weighted by Crippen LogP contribution is 2.08. The number of carbonyl (C=O) groups is 1. The lowest BCUT2D eigenvalue weighted by Gasteiger charge is -2.31. The molecule has 1 unspecified atom stereocenters. The Labute approximate surface area is 81.1 Å². The van der Waals surface area contributed by atoms with Gasteiger partial charge in [-0.1, -0.05) is 20.8 Å². The van der Waals surface area contributed by atoms with Crippen LogP contribution in [0.5, 0.6) is 0 Å². The fourth-order valence-electron chi connectivity index (χ4n) is 1.23. The molecule has 0 aromatic carbocycles. The van der Waals surface area contributed by atoms with Crippen molar-refractivity contribution in [3.05, 3.63) is 0 Å². The summed E-state index contributed by atoms with van der Waals surface area (Å²) in [5.41, 5.74) is 0. The average molecular weight is 187 g/mol. The third-order valence-electron chi connectivity index (χ3n) is 2.06. The maximum Gasteiger partial charge on any atom is 0.248 e. The van der Waals surface area contributed by atoms with Crippen LogP contribution in [-0.4, -0.2) is 36.6 Å². The van der Waals surface area contributed by atoms with Crippen LogP contribution in [0.1, 0.15) is 34.1 Å². The maximum atomic E-state index is 11.1. The van der Waals surface area contributed by atoms with Gasteiger partial charge in [-0.2, -0.15) is 0 Å². The van der Waals surface area contributed by atoms with Crippen LogP contribution in [-0.2, 0) is 9.53 Å². The van der Waals surface area contributed by atoms with Crippen molar-refractivity contribution in [2.45, 2.75) is 40.2 Å². The molecule has 0 bridgehead atoms. The molecule has 3 nitrogen and oxygen atoms in total. The Morgan fingerprint density at radius 2 is 2.08 bits per heavy atom. The van der Waals surface area contributed by atoms with Crippen molar-refractivity contribution in [2.24, 2.45) is 0 Å². The molecule has 1 aliphatic heterocycles. The van der Waals surface area contributed by atoms with Gasteiger partial charge in [-0.15, -0.1) is 0 Å². The molecule has 3 heteroatoms. The molecule has 0 radical (unpaired) electrons. The zero-order valence-corrected chi connectivity index (χ0v) is 9.17. The number of carbonyl (C=O) groups excluding carboxylic acids is 1. The first kappa shape index (κ1) is 12.4. The van der Waals surface area contributed by atoms with E-state index in [0.29, 0.717) is 0 Å². The summed E-state index contributed by atoms with van der Waals surface area (Å²) in [6.45, 7) is 9.92. The van der Waals surface area contributed by atoms with Crippen LogP contribution in [0.25, 0.3) is 0 Å². The van der Waals surface area contributed by atoms with Crippen molar-refractivity contribution in [1.29, 1.82) is 0 Å². The van der Waals surface area contributed by atoms with E-state index in [9.17, 15) is 4.79 Å². The molecule has 1 fully saturated rings. The van der Waals surface area contributed by atoms with Gasteiger partial charge in [0.1, 0.15) is 6.61 Å². The number of ether oxygens (including phenoxy) is 1. The second-order valence-electron chi connectivity index (χ2n) is 2.77. The Morgan fingerprint density at radius 1 is 1.46 bits per heavy atom. The first-order valence-corrected chi connectivity index (χ1v) is 5.17. The molecule has 1 amide bonds. The number of amides is 1. The van der Waals surface area contributed by atoms with Crippen LogP contribution >= 0.6 is 0 Å². The van der Waals surface area contributed by atoms with E-state index in [1.165, 1.54) is 0 Å². The lowest BCUT2D eigenvalue weighted by Crippen LogP contribution is -2.46. The zero-order valence-electron chi connectivity index (χ0n) is 9.17. The molecule has 0 spiro atoms. The van der Waals surface area contributed by atoms with Gasteiger partial charge in [0.25, 0.3) is 0 Å². The van der Waals surface area contributed by atoms with Gasteiger partial charge in [-0.3, -0.25) is 4.79 Å². The lowest BCUT2D eigenvalue weighted by atomic mass is 10.2. The average Bonchev–Trinajstić information content (AvgIpc) is 2.22. The van der Waals surface area contributed by atoms with Crippen LogP contribution in [0.4, 0.5) is 0 Å². The highest BCUT2D eigenvalue weighted by Gasteiger charge is 2.23. The molecule has 1 rings (SSSR count). The molecule has 1 aliphatic rings. The first-order chi connectivity index (χ1) is 6.27. The van der Waals surface area contributed by atoms with E-state index < -0.39 is 0 Å². The molecule has 1 heterocycles. The second-order valence-corrected chi connectivity index (χ2v) is 2.77. The number of nitrogens with zero attached hydrogens (tertiary/aromatic N) is 1. The Kier molecular flexibility index (Phi) is 6.59. The summed E-state index contributed by atoms with van der Waals surface area (Å²) in [6.07, 6.45) is 1.25. The number of rotatable bonds is 2. The molecule has 1 atom stereocenters. The van der Waals surface area contributed by atoms with Crippen molar-refractivity contribution in [1.82, 2.24) is 4.90 Å². The molecule has 78 valence electrons. The summed E-state index contributed by atoms with van der Waals surface area (Å²) < 4.78 is 5.28. The standard InChI is InChI=1S/C8H15NO2.C2H6/c1-3-7-5-9(4-2)8(10)6-11-7;1-2/h7H,3-6H2,1-2H3;1-2H3. The van der Waals surface area contributed by atoms with Gasteiger partial charge in [0.05, 0.1) is 6.10 Å². The van der Waals surface area contributed by atoms with E-state index in [-0.39, 0.29) is 18.6 Å². The van der Waals surface area contributed by atoms with Crippen LogP contribution in [0, 0.1) is 0 Å². The third kappa shape index (κ3) is 3.77. The van der Waals surface area contributed by atoms with Crippen LogP contribution < -0.4 is 0 Å². The van der Waals surface area contributed by atoms with E-state index in [0.717, 1.165) is 19.5 Å². The molecule has 0 saturated carbocycles. The van der Waals surface area contributed by atoms with Crippen molar-refractivity contribution < 1.29 is 9.53 Å². The van der Waals surface area contributed by atoms with Crippen LogP contribution in [0.3, 0.4) is 0 Å². The molecule has 0 N–H and O–H groups in total. The normalized spacial score (nSPS) is 22.3. The molecule has 0 aromatic rings. The van der Waals surface area contributed by atoms with E-state index in [1.807, 2.05) is 25.7 Å². The number of hydrogen-bond acceptors (Lipinski definition) is 2. The Bertz CT molecular complexity index is 148. The van der Waals surface area contributed by atoms with Gasteiger partial charge in [0, 0.05) is 13.1 Å². The minimum absolute atomic E-state index is 0.122. The monoisotopic (exact) mass is 187 g/mol. The minimum Gasteiger partial charge on any atom is -0.367 e. The van der Waals surface area contributed by atoms with Gasteiger partial charge in [0.15, 0.2) is 0 Å². The molecule has 0 aliphatic carbocycles. The van der Waals surface area contributed by atoms with E-state index in [2.05, 4.69) is 6.92 Å². The lowest BCUT2D eigenvalue weighted by molar-refractivity contribution is -0.148. The van der Waals surface area contributed by atoms with Crippen LogP contribution in [0.2, 0.25) is 0 Å². The van der Waals surface area contributed by atoms with Gasteiger partial charge in [-0.25, -0.2) is 0 Å². The summed E-state index contributed by atoms with van der Waals surface area (Å²) in [5, 5.41) is 0. The summed E-state index contributed by atoms with van der Waals surface area (Å²) in [6, 6.07) is 0. The fraction of sp³-hybridized carbons (Fsp3) is 0.900. The summed E-state index contributed by atoms with van der Waals surface area (Å²) in [5.74, 6) is 0.122. The summed E-state index contributed by atoms with van der Waals surface area (Å²) in [7, 11) is 0. The zero-order chi connectivity index (χ0) is 10.3. The summed E-state index contributed by atoms with van der Waals surface area (Å²) >= 11 is 0. The summed E-state index contributed by atoms with van der Waals surface area (Å²) in [4.78, 5) is 12.9. The fourth-order valence-corrected chi connectivity index (χ4v) is 1.23. The maximum absolute atomic E-state index is 11.1. The molecular formula is C10H21NO2. The highest BCUT2D eigenvalue weighted by molar-refractivity contribution is 5.78. The van der Waals surface area contributed by atoms with E-state index >= 15 is 0 Å². The van der Waals surface area contributed by atoms with Crippen molar-refractivity contribution in [2.75, 3.05) is 19.7 Å². The van der Waals surface area contributed by atoms with Crippen molar-refractivity contribution >= 4 is 5.91 Å². The Balaban J connectivity index is 0.000000671. The molecular weight excluding hydrogens is 166 g/mol. The quantitative estimate of drug-likeness (QED) is 0.658. The van der Waals surface area contributed by atoms with Gasteiger partial charge >= 0.3 is 0 Å². The second kappa shape index (κ2) is 6.89. The van der Waals surface area contributed by atoms with Crippen molar-refractivity contribution in [3.8, 4) is 0 Å². The van der Waals surface area contributed by atoms with E-state index in [4.69, 9.17) is 4.74 Å². The number of morpholine rings is 1. The Hall–Kier alpha value is -0.570. The molecule has 13 heavy (non-hydrogen) atoms. The largest absolute Gasteiger partial charge is 0.367 e. The van der Waals surface area contributed by atoms with Gasteiger partial charge in [0.2, 0.25) is 5.91 Å². The number of likely N-dealkylation sites (N-methyl/N-ethyl adjacent to an activating group) is 1. The van der Waals surface area contributed by atoms with E-state index in [1.54, 1.807) is 0 Å². The molecule has 0 aromatic heterocycles. The predicted octanol–water partition coefficient (Wildman–Crippen LogP) is 1.67. The topological polar surface area (TPSA) is 29.5 Å². The minimum atomic E-state index is 0.122. The SMILES string of the molecule is CC.CCC1CN(CC)C(=O)CO1. The molecule has 1 saturated heterocycles. The first-order valence-electron chi connectivity index (χ1n) is 5.17. The Morgan fingerprint density at radius 3 is 2.54 bits per heavy atom. The van der Waals surface area contributed by atoms with Crippen molar-refractivity contribution in [3.63, 3.8) is 0 Å². The number of hydrogen-bond donors (Lipinski definition) is 0.